The molecule has 0 aliphatic heterocycles. The number of allylic oxidation sites excluding steroid dienone is 4. The van der Waals surface area contributed by atoms with Crippen molar-refractivity contribution in [3.8, 4) is 0 Å². The molecule has 0 fully saturated rings. The molecule has 0 saturated heterocycles. The average Bonchev–Trinajstić information content (AvgIpc) is 2.63. The smallest absolute Gasteiger partial charge is 0.434 e. The molecule has 0 amide bonds. The van der Waals surface area contributed by atoms with Gasteiger partial charge in [-0.1, -0.05) is 64.8 Å². The van der Waals surface area contributed by atoms with Crippen molar-refractivity contribution in [1.82, 2.24) is 0 Å². The first kappa shape index (κ1) is 23.0. The molecular weight excluding hydrogens is 348 g/mol. The Morgan fingerprint density at radius 3 is 1.57 bits per heavy atom. The van der Waals surface area contributed by atoms with Crippen LogP contribution in [-0.4, -0.2) is 19.4 Å². The lowest BCUT2D eigenvalue weighted by Crippen LogP contribution is -2.29. The van der Waals surface area contributed by atoms with Crippen LogP contribution in [0.1, 0.15) is 68.2 Å². The number of ether oxygens (including phenoxy) is 2. The molecule has 0 spiro atoms. The van der Waals surface area contributed by atoms with Crippen molar-refractivity contribution < 1.29 is 14.3 Å². The summed E-state index contributed by atoms with van der Waals surface area (Å²) < 4.78 is 10.9. The Hall–Kier alpha value is -1.25. The molecular formula is C25H42O3. The molecule has 3 heteroatoms. The maximum atomic E-state index is 12.1. The zero-order valence-corrected chi connectivity index (χ0v) is 19.3. The van der Waals surface area contributed by atoms with Gasteiger partial charge in [0.1, 0.15) is 0 Å². The second-order valence-electron chi connectivity index (χ2n) is 10.0. The van der Waals surface area contributed by atoms with Gasteiger partial charge in [0.2, 0.25) is 0 Å². The Labute approximate surface area is 172 Å². The van der Waals surface area contributed by atoms with Gasteiger partial charge in [-0.05, 0) is 74.0 Å². The van der Waals surface area contributed by atoms with Crippen molar-refractivity contribution in [1.29, 1.82) is 0 Å². The molecule has 0 heterocycles. The molecule has 3 nitrogen and oxygen atoms in total. The molecule has 0 bridgehead atoms. The zero-order chi connectivity index (χ0) is 21.0. The Kier molecular flexibility index (Phi) is 8.21. The summed E-state index contributed by atoms with van der Waals surface area (Å²) in [6, 6.07) is 0. The average molecular weight is 391 g/mol. The summed E-state index contributed by atoms with van der Waals surface area (Å²) in [5.41, 5.74) is 2.87. The minimum absolute atomic E-state index is 0.321. The molecule has 28 heavy (non-hydrogen) atoms. The summed E-state index contributed by atoms with van der Waals surface area (Å²) in [6.07, 6.45) is 6.60. The molecule has 0 aromatic carbocycles. The zero-order valence-electron chi connectivity index (χ0n) is 19.3. The summed E-state index contributed by atoms with van der Waals surface area (Å²) in [5.74, 6) is 4.27. The van der Waals surface area contributed by atoms with Gasteiger partial charge in [0.05, 0.1) is 13.2 Å². The Morgan fingerprint density at radius 1 is 0.857 bits per heavy atom. The van der Waals surface area contributed by atoms with Gasteiger partial charge in [0.15, 0.2) is 0 Å². The standard InChI is InChI=1S/C25H42O3/c1-15-9-19(5)23(11-17(15)3)21(7)13-27-25(26)28-14-22(8)24-12-18(4)16(2)10-20(24)6/h9-10,15-18,21-24H,11-14H2,1-8H3. The molecule has 2 rings (SSSR count). The minimum atomic E-state index is -0.517. The molecule has 0 N–H and O–H groups in total. The third kappa shape index (κ3) is 5.87. The fraction of sp³-hybridized carbons (Fsp3) is 0.800. The first-order valence-corrected chi connectivity index (χ1v) is 11.3. The molecule has 2 aliphatic carbocycles. The summed E-state index contributed by atoms with van der Waals surface area (Å²) in [7, 11) is 0. The van der Waals surface area contributed by atoms with E-state index in [0.29, 0.717) is 60.6 Å². The van der Waals surface area contributed by atoms with Crippen molar-refractivity contribution >= 4 is 6.16 Å². The van der Waals surface area contributed by atoms with E-state index in [4.69, 9.17) is 9.47 Å². The summed E-state index contributed by atoms with van der Waals surface area (Å²) in [4.78, 5) is 12.1. The van der Waals surface area contributed by atoms with E-state index in [0.717, 1.165) is 0 Å². The van der Waals surface area contributed by atoms with Crippen LogP contribution in [0.4, 0.5) is 4.79 Å². The number of rotatable bonds is 6. The number of carbonyl (C=O) groups is 1. The monoisotopic (exact) mass is 390 g/mol. The van der Waals surface area contributed by atoms with E-state index < -0.39 is 6.16 Å². The highest BCUT2D eigenvalue weighted by molar-refractivity contribution is 5.59. The van der Waals surface area contributed by atoms with Crippen LogP contribution >= 0.6 is 0 Å². The SMILES string of the molecule is CC1=CC(C)C(C)CC1C(C)COC(=O)OCC(C)C1CC(C)C(C)C=C1C. The predicted molar refractivity (Wildman–Crippen MR) is 116 cm³/mol. The lowest BCUT2D eigenvalue weighted by Gasteiger charge is -2.34. The van der Waals surface area contributed by atoms with Gasteiger partial charge in [-0.2, -0.15) is 0 Å². The molecule has 0 aromatic rings. The van der Waals surface area contributed by atoms with Gasteiger partial charge >= 0.3 is 6.16 Å². The second kappa shape index (κ2) is 9.98. The highest BCUT2D eigenvalue weighted by atomic mass is 16.7. The van der Waals surface area contributed by atoms with Crippen LogP contribution in [0.3, 0.4) is 0 Å². The van der Waals surface area contributed by atoms with Gasteiger partial charge in [-0.3, -0.25) is 0 Å². The molecule has 8 atom stereocenters. The maximum Gasteiger partial charge on any atom is 0.508 e. The lowest BCUT2D eigenvalue weighted by molar-refractivity contribution is 0.0257. The van der Waals surface area contributed by atoms with E-state index in [1.54, 1.807) is 0 Å². The van der Waals surface area contributed by atoms with Gasteiger partial charge < -0.3 is 9.47 Å². The predicted octanol–water partition coefficient (Wildman–Crippen LogP) is 6.89. The van der Waals surface area contributed by atoms with Crippen molar-refractivity contribution in [3.05, 3.63) is 23.3 Å². The van der Waals surface area contributed by atoms with Gasteiger partial charge in [0.25, 0.3) is 0 Å². The van der Waals surface area contributed by atoms with Crippen molar-refractivity contribution in [2.24, 2.45) is 47.3 Å². The highest BCUT2D eigenvalue weighted by Crippen LogP contribution is 2.38. The maximum absolute atomic E-state index is 12.1. The van der Waals surface area contributed by atoms with Crippen molar-refractivity contribution in [3.63, 3.8) is 0 Å². The fourth-order valence-electron chi connectivity index (χ4n) is 5.04. The van der Waals surface area contributed by atoms with Crippen LogP contribution < -0.4 is 0 Å². The van der Waals surface area contributed by atoms with Crippen LogP contribution in [0, 0.1) is 47.3 Å². The Bertz CT molecular complexity index is 541. The summed E-state index contributed by atoms with van der Waals surface area (Å²) in [5, 5.41) is 0. The number of hydrogen-bond acceptors (Lipinski definition) is 3. The third-order valence-corrected chi connectivity index (χ3v) is 7.57. The summed E-state index contributed by atoms with van der Waals surface area (Å²) >= 11 is 0. The van der Waals surface area contributed by atoms with Crippen molar-refractivity contribution in [2.75, 3.05) is 13.2 Å². The largest absolute Gasteiger partial charge is 0.508 e. The normalized spacial score (nSPS) is 35.4. The molecule has 2 aliphatic rings. The quantitative estimate of drug-likeness (QED) is 0.366. The summed E-state index contributed by atoms with van der Waals surface area (Å²) in [6.45, 7) is 18.8. The van der Waals surface area contributed by atoms with E-state index in [1.165, 1.54) is 24.0 Å². The highest BCUT2D eigenvalue weighted by Gasteiger charge is 2.30. The van der Waals surface area contributed by atoms with E-state index >= 15 is 0 Å². The van der Waals surface area contributed by atoms with Crippen LogP contribution in [0.15, 0.2) is 23.3 Å². The van der Waals surface area contributed by atoms with Crippen LogP contribution in [0.2, 0.25) is 0 Å². The first-order valence-electron chi connectivity index (χ1n) is 11.3. The minimum Gasteiger partial charge on any atom is -0.434 e. The fourth-order valence-corrected chi connectivity index (χ4v) is 5.04. The lowest BCUT2D eigenvalue weighted by atomic mass is 9.72. The van der Waals surface area contributed by atoms with E-state index in [-0.39, 0.29) is 0 Å². The molecule has 160 valence electrons. The van der Waals surface area contributed by atoms with Gasteiger partial charge in [-0.25, -0.2) is 4.79 Å². The Balaban J connectivity index is 1.77. The first-order chi connectivity index (χ1) is 13.1. The van der Waals surface area contributed by atoms with Crippen LogP contribution in [0.25, 0.3) is 0 Å². The van der Waals surface area contributed by atoms with Gasteiger partial charge in [0, 0.05) is 0 Å². The van der Waals surface area contributed by atoms with Crippen molar-refractivity contribution in [2.45, 2.75) is 68.2 Å². The van der Waals surface area contributed by atoms with E-state index in [2.05, 4.69) is 67.5 Å². The third-order valence-electron chi connectivity index (χ3n) is 7.57. The van der Waals surface area contributed by atoms with Crippen LogP contribution in [0.5, 0.6) is 0 Å². The second-order valence-corrected chi connectivity index (χ2v) is 10.0. The molecule has 0 aromatic heterocycles. The van der Waals surface area contributed by atoms with E-state index in [1.807, 2.05) is 0 Å². The Morgan fingerprint density at radius 2 is 1.21 bits per heavy atom. The molecule has 0 radical (unpaired) electrons. The van der Waals surface area contributed by atoms with Gasteiger partial charge in [-0.15, -0.1) is 0 Å². The molecule has 8 unspecified atom stereocenters. The van der Waals surface area contributed by atoms with Crippen LogP contribution in [-0.2, 0) is 9.47 Å². The number of hydrogen-bond donors (Lipinski definition) is 0. The topological polar surface area (TPSA) is 35.5 Å². The van der Waals surface area contributed by atoms with E-state index in [9.17, 15) is 4.79 Å². The molecule has 0 saturated carbocycles. The number of carbonyl (C=O) groups excluding carboxylic acids is 1.